The number of benzene rings is 1. The van der Waals surface area contributed by atoms with E-state index >= 15 is 0 Å². The number of nitrogens with zero attached hydrogens (tertiary/aromatic N) is 2. The number of anilines is 1. The van der Waals surface area contributed by atoms with Crippen LogP contribution in [-0.2, 0) is 13.1 Å². The van der Waals surface area contributed by atoms with Gasteiger partial charge in [-0.3, -0.25) is 0 Å². The molecule has 4 heteroatoms. The lowest BCUT2D eigenvalue weighted by atomic mass is 10.2. The van der Waals surface area contributed by atoms with Crippen molar-refractivity contribution in [2.75, 3.05) is 19.0 Å². The minimum Gasteiger partial charge on any atom is -0.355 e. The van der Waals surface area contributed by atoms with Crippen LogP contribution in [-0.4, -0.2) is 19.1 Å². The molecule has 0 saturated carbocycles. The van der Waals surface area contributed by atoms with Gasteiger partial charge in [0.05, 0.1) is 0 Å². The fraction of sp³-hybridized carbons (Fsp3) is 0.267. The van der Waals surface area contributed by atoms with Gasteiger partial charge in [0.2, 0.25) is 0 Å². The Hall–Kier alpha value is -1.39. The quantitative estimate of drug-likeness (QED) is 0.917. The lowest BCUT2D eigenvalue weighted by Gasteiger charge is -2.19. The van der Waals surface area contributed by atoms with Crippen LogP contribution in [0.3, 0.4) is 0 Å². The summed E-state index contributed by atoms with van der Waals surface area (Å²) < 4.78 is 1.13. The van der Waals surface area contributed by atoms with Crippen molar-refractivity contribution in [2.45, 2.75) is 13.1 Å². The molecule has 0 aliphatic carbocycles. The zero-order valence-electron chi connectivity index (χ0n) is 11.2. The second-order valence-electron chi connectivity index (χ2n) is 4.50. The Balaban J connectivity index is 2.13. The summed E-state index contributed by atoms with van der Waals surface area (Å²) in [6, 6.07) is 12.4. The Labute approximate surface area is 122 Å². The maximum atomic E-state index is 4.43. The molecule has 100 valence electrons. The Bertz CT molecular complexity index is 542. The minimum atomic E-state index is 0.831. The van der Waals surface area contributed by atoms with Crippen LogP contribution in [0.4, 0.5) is 5.82 Å². The van der Waals surface area contributed by atoms with E-state index in [2.05, 4.69) is 62.4 Å². The highest BCUT2D eigenvalue weighted by Gasteiger charge is 2.06. The van der Waals surface area contributed by atoms with Gasteiger partial charge in [-0.25, -0.2) is 4.98 Å². The standard InChI is InChI=1S/C15H18BrN3/c1-17-10-12-7-8-18-15(9-12)19(2)11-13-5-3-4-6-14(13)16/h3-9,17H,10-11H2,1-2H3. The molecule has 1 N–H and O–H groups in total. The molecule has 19 heavy (non-hydrogen) atoms. The van der Waals surface area contributed by atoms with Gasteiger partial charge >= 0.3 is 0 Å². The first kappa shape index (κ1) is 14.0. The Kier molecular flexibility index (Phi) is 4.93. The molecular weight excluding hydrogens is 302 g/mol. The van der Waals surface area contributed by atoms with Crippen LogP contribution in [0, 0.1) is 0 Å². The van der Waals surface area contributed by atoms with Crippen molar-refractivity contribution in [3.8, 4) is 0 Å². The fourth-order valence-electron chi connectivity index (χ4n) is 1.95. The van der Waals surface area contributed by atoms with Crippen LogP contribution in [0.15, 0.2) is 47.1 Å². The maximum absolute atomic E-state index is 4.43. The highest BCUT2D eigenvalue weighted by Crippen LogP contribution is 2.20. The normalized spacial score (nSPS) is 10.5. The summed E-state index contributed by atoms with van der Waals surface area (Å²) in [5.74, 6) is 0.989. The van der Waals surface area contributed by atoms with Crippen LogP contribution >= 0.6 is 15.9 Å². The Morgan fingerprint density at radius 1 is 1.26 bits per heavy atom. The van der Waals surface area contributed by atoms with Crippen LogP contribution < -0.4 is 10.2 Å². The van der Waals surface area contributed by atoms with Crippen molar-refractivity contribution in [1.82, 2.24) is 10.3 Å². The molecular formula is C15H18BrN3. The van der Waals surface area contributed by atoms with E-state index in [-0.39, 0.29) is 0 Å². The van der Waals surface area contributed by atoms with E-state index in [1.807, 2.05) is 25.4 Å². The molecule has 0 saturated heterocycles. The van der Waals surface area contributed by atoms with Crippen molar-refractivity contribution in [3.63, 3.8) is 0 Å². The van der Waals surface area contributed by atoms with E-state index < -0.39 is 0 Å². The molecule has 0 atom stereocenters. The molecule has 0 radical (unpaired) electrons. The fourth-order valence-corrected chi connectivity index (χ4v) is 2.36. The van der Waals surface area contributed by atoms with Gasteiger partial charge in [-0.15, -0.1) is 0 Å². The molecule has 1 aromatic carbocycles. The number of pyridine rings is 1. The SMILES string of the molecule is CNCc1ccnc(N(C)Cc2ccccc2Br)c1. The predicted octanol–water partition coefficient (Wildman–Crippen LogP) is 3.20. The van der Waals surface area contributed by atoms with Crippen molar-refractivity contribution < 1.29 is 0 Å². The van der Waals surface area contributed by atoms with Gasteiger partial charge in [-0.2, -0.15) is 0 Å². The molecule has 2 aromatic rings. The summed E-state index contributed by atoms with van der Waals surface area (Å²) in [4.78, 5) is 6.58. The van der Waals surface area contributed by atoms with E-state index in [1.54, 1.807) is 0 Å². The van der Waals surface area contributed by atoms with Crippen LogP contribution in [0.1, 0.15) is 11.1 Å². The van der Waals surface area contributed by atoms with Gasteiger partial charge in [-0.05, 0) is 36.4 Å². The Morgan fingerprint density at radius 2 is 2.05 bits per heavy atom. The Morgan fingerprint density at radius 3 is 2.79 bits per heavy atom. The lowest BCUT2D eigenvalue weighted by molar-refractivity contribution is 0.811. The third-order valence-electron chi connectivity index (χ3n) is 2.95. The number of hydrogen-bond acceptors (Lipinski definition) is 3. The molecule has 1 aromatic heterocycles. The summed E-state index contributed by atoms with van der Waals surface area (Å²) in [6.45, 7) is 1.69. The summed E-state index contributed by atoms with van der Waals surface area (Å²) in [5.41, 5.74) is 2.50. The van der Waals surface area contributed by atoms with Gasteiger partial charge in [0, 0.05) is 30.8 Å². The second kappa shape index (κ2) is 6.68. The summed E-state index contributed by atoms with van der Waals surface area (Å²) >= 11 is 3.58. The van der Waals surface area contributed by atoms with E-state index in [4.69, 9.17) is 0 Å². The molecule has 0 aliphatic heterocycles. The van der Waals surface area contributed by atoms with Crippen LogP contribution in [0.5, 0.6) is 0 Å². The number of halogens is 1. The second-order valence-corrected chi connectivity index (χ2v) is 5.35. The summed E-state index contributed by atoms with van der Waals surface area (Å²) in [5, 5.41) is 3.16. The third-order valence-corrected chi connectivity index (χ3v) is 3.72. The zero-order chi connectivity index (χ0) is 13.7. The lowest BCUT2D eigenvalue weighted by Crippen LogP contribution is -2.18. The van der Waals surface area contributed by atoms with Gasteiger partial charge in [0.25, 0.3) is 0 Å². The van der Waals surface area contributed by atoms with Crippen LogP contribution in [0.2, 0.25) is 0 Å². The van der Waals surface area contributed by atoms with Gasteiger partial charge < -0.3 is 10.2 Å². The monoisotopic (exact) mass is 319 g/mol. The van der Waals surface area contributed by atoms with E-state index in [0.717, 1.165) is 23.4 Å². The molecule has 0 amide bonds. The van der Waals surface area contributed by atoms with Crippen molar-refractivity contribution in [2.24, 2.45) is 0 Å². The molecule has 0 unspecified atom stereocenters. The van der Waals surface area contributed by atoms with Crippen LogP contribution in [0.25, 0.3) is 0 Å². The molecule has 2 rings (SSSR count). The van der Waals surface area contributed by atoms with Gasteiger partial charge in [-0.1, -0.05) is 34.1 Å². The predicted molar refractivity (Wildman–Crippen MR) is 83.2 cm³/mol. The first-order valence-electron chi connectivity index (χ1n) is 6.25. The number of rotatable bonds is 5. The van der Waals surface area contributed by atoms with Gasteiger partial charge in [0.15, 0.2) is 0 Å². The first-order valence-corrected chi connectivity index (χ1v) is 7.04. The molecule has 3 nitrogen and oxygen atoms in total. The molecule has 0 aliphatic rings. The topological polar surface area (TPSA) is 28.2 Å². The largest absolute Gasteiger partial charge is 0.355 e. The van der Waals surface area contributed by atoms with E-state index in [9.17, 15) is 0 Å². The van der Waals surface area contributed by atoms with Crippen molar-refractivity contribution >= 4 is 21.7 Å². The molecule has 0 fully saturated rings. The summed E-state index contributed by atoms with van der Waals surface area (Å²) in [6.07, 6.45) is 1.86. The average Bonchev–Trinajstić information content (AvgIpc) is 2.42. The zero-order valence-corrected chi connectivity index (χ0v) is 12.8. The third kappa shape index (κ3) is 3.78. The van der Waals surface area contributed by atoms with E-state index in [1.165, 1.54) is 11.1 Å². The first-order chi connectivity index (χ1) is 9.20. The molecule has 1 heterocycles. The number of nitrogens with one attached hydrogen (secondary N) is 1. The molecule has 0 spiro atoms. The minimum absolute atomic E-state index is 0.831. The number of aromatic nitrogens is 1. The average molecular weight is 320 g/mol. The number of hydrogen-bond donors (Lipinski definition) is 1. The van der Waals surface area contributed by atoms with Crippen molar-refractivity contribution in [3.05, 3.63) is 58.2 Å². The van der Waals surface area contributed by atoms with E-state index in [0.29, 0.717) is 0 Å². The van der Waals surface area contributed by atoms with Crippen molar-refractivity contribution in [1.29, 1.82) is 0 Å². The maximum Gasteiger partial charge on any atom is 0.128 e. The molecule has 0 bridgehead atoms. The van der Waals surface area contributed by atoms with Gasteiger partial charge in [0.1, 0.15) is 5.82 Å². The summed E-state index contributed by atoms with van der Waals surface area (Å²) in [7, 11) is 4.01. The highest BCUT2D eigenvalue weighted by atomic mass is 79.9. The smallest absolute Gasteiger partial charge is 0.128 e. The highest BCUT2D eigenvalue weighted by molar-refractivity contribution is 9.10.